The normalized spacial score (nSPS) is 21.0. The Balaban J connectivity index is 1.56. The summed E-state index contributed by atoms with van der Waals surface area (Å²) in [5.74, 6) is -1.77. The first kappa shape index (κ1) is 19.7. The Kier molecular flexibility index (Phi) is 5.71. The summed E-state index contributed by atoms with van der Waals surface area (Å²) in [5.41, 5.74) is 1.69. The first-order chi connectivity index (χ1) is 14.0. The van der Waals surface area contributed by atoms with Gasteiger partial charge in [0.25, 0.3) is 5.91 Å². The zero-order valence-electron chi connectivity index (χ0n) is 15.9. The summed E-state index contributed by atoms with van der Waals surface area (Å²) in [6.45, 7) is 0.388. The first-order valence-corrected chi connectivity index (χ1v) is 10.6. The zero-order valence-corrected chi connectivity index (χ0v) is 16.7. The lowest BCUT2D eigenvalue weighted by atomic mass is 9.96. The minimum atomic E-state index is -1.14. The molecule has 0 radical (unpaired) electrons. The maximum absolute atomic E-state index is 13.4. The fourth-order valence-electron chi connectivity index (χ4n) is 3.88. The summed E-state index contributed by atoms with van der Waals surface area (Å²) in [7, 11) is 0. The molecule has 0 bridgehead atoms. The molecule has 2 N–H and O–H groups in total. The van der Waals surface area contributed by atoms with Crippen LogP contribution in [0.1, 0.15) is 37.7 Å². The van der Waals surface area contributed by atoms with Crippen LogP contribution in [0.5, 0.6) is 0 Å². The van der Waals surface area contributed by atoms with Crippen molar-refractivity contribution in [1.82, 2.24) is 9.88 Å². The number of fused-ring (bicyclic) bond motifs is 1. The number of H-pyrrole nitrogens is 1. The number of carboxylic acids is 1. The Morgan fingerprint density at radius 3 is 2.90 bits per heavy atom. The number of thioether (sulfide) groups is 1. The SMILES string of the molecule is O=C(O)C=C1SC(=NC2CCCCC2)N(CCc2c[nH]c3cc(F)ccc23)C1=O. The van der Waals surface area contributed by atoms with E-state index < -0.39 is 5.97 Å². The van der Waals surface area contributed by atoms with E-state index in [1.165, 1.54) is 18.6 Å². The van der Waals surface area contributed by atoms with E-state index in [0.29, 0.717) is 23.6 Å². The number of benzene rings is 1. The number of aromatic amines is 1. The predicted molar refractivity (Wildman–Crippen MR) is 111 cm³/mol. The minimum absolute atomic E-state index is 0.182. The molecule has 2 fully saturated rings. The van der Waals surface area contributed by atoms with Crippen molar-refractivity contribution in [1.29, 1.82) is 0 Å². The molecule has 0 spiro atoms. The highest BCUT2D eigenvalue weighted by molar-refractivity contribution is 8.18. The molecule has 1 aliphatic heterocycles. The third kappa shape index (κ3) is 4.37. The molecule has 152 valence electrons. The smallest absolute Gasteiger partial charge is 0.329 e. The van der Waals surface area contributed by atoms with Crippen LogP contribution < -0.4 is 0 Å². The number of amides is 1. The molecule has 29 heavy (non-hydrogen) atoms. The molecule has 2 heterocycles. The number of halogens is 1. The number of nitrogens with zero attached hydrogens (tertiary/aromatic N) is 2. The summed E-state index contributed by atoms with van der Waals surface area (Å²) in [6.07, 6.45) is 8.80. The van der Waals surface area contributed by atoms with Gasteiger partial charge in [-0.05, 0) is 54.8 Å². The average molecular weight is 415 g/mol. The molecule has 0 atom stereocenters. The molecule has 6 nitrogen and oxygen atoms in total. The molecular formula is C21H22FN3O3S. The monoisotopic (exact) mass is 415 g/mol. The van der Waals surface area contributed by atoms with Gasteiger partial charge in [0.1, 0.15) is 5.82 Å². The van der Waals surface area contributed by atoms with Gasteiger partial charge in [-0.15, -0.1) is 0 Å². The van der Waals surface area contributed by atoms with Crippen molar-refractivity contribution in [3.63, 3.8) is 0 Å². The fraction of sp³-hybridized carbons (Fsp3) is 0.381. The van der Waals surface area contributed by atoms with Crippen LogP contribution >= 0.6 is 11.8 Å². The highest BCUT2D eigenvalue weighted by Gasteiger charge is 2.34. The molecule has 1 saturated carbocycles. The van der Waals surface area contributed by atoms with Crippen LogP contribution in [0.4, 0.5) is 4.39 Å². The number of carbonyl (C=O) groups is 2. The fourth-order valence-corrected chi connectivity index (χ4v) is 4.92. The molecule has 2 aromatic rings. The standard InChI is InChI=1S/C21H22FN3O3S/c22-14-6-7-16-13(12-23-17(16)10-14)8-9-25-20(28)18(11-19(26)27)29-21(25)24-15-4-2-1-3-5-15/h6-7,10-12,15,23H,1-5,8-9H2,(H,26,27). The molecule has 1 amide bonds. The average Bonchev–Trinajstić information content (AvgIpc) is 3.21. The van der Waals surface area contributed by atoms with Crippen LogP contribution in [0.25, 0.3) is 10.9 Å². The number of rotatable bonds is 5. The van der Waals surface area contributed by atoms with Crippen LogP contribution in [0.2, 0.25) is 0 Å². The molecule has 1 saturated heterocycles. The molecule has 0 unspecified atom stereocenters. The van der Waals surface area contributed by atoms with E-state index in [1.807, 2.05) is 6.20 Å². The van der Waals surface area contributed by atoms with Crippen molar-refractivity contribution in [3.05, 3.63) is 46.8 Å². The van der Waals surface area contributed by atoms with Crippen molar-refractivity contribution in [3.8, 4) is 0 Å². The Labute approximate surface area is 171 Å². The number of amidine groups is 1. The summed E-state index contributed by atoms with van der Waals surface area (Å²) in [4.78, 5) is 33.5. The highest BCUT2D eigenvalue weighted by Crippen LogP contribution is 2.33. The maximum Gasteiger partial charge on any atom is 0.329 e. The third-order valence-electron chi connectivity index (χ3n) is 5.34. The van der Waals surface area contributed by atoms with E-state index in [4.69, 9.17) is 10.1 Å². The Morgan fingerprint density at radius 2 is 2.14 bits per heavy atom. The lowest BCUT2D eigenvalue weighted by Gasteiger charge is -2.21. The van der Waals surface area contributed by atoms with Crippen molar-refractivity contribution in [2.24, 2.45) is 4.99 Å². The quantitative estimate of drug-likeness (QED) is 0.721. The third-order valence-corrected chi connectivity index (χ3v) is 6.37. The maximum atomic E-state index is 13.4. The van der Waals surface area contributed by atoms with E-state index in [2.05, 4.69) is 4.98 Å². The molecule has 1 aromatic heterocycles. The van der Waals surface area contributed by atoms with Crippen LogP contribution in [0.15, 0.2) is 40.4 Å². The lowest BCUT2D eigenvalue weighted by Crippen LogP contribution is -2.32. The van der Waals surface area contributed by atoms with Gasteiger partial charge in [-0.1, -0.05) is 19.3 Å². The van der Waals surface area contributed by atoms with Gasteiger partial charge in [0.15, 0.2) is 5.17 Å². The lowest BCUT2D eigenvalue weighted by molar-refractivity contribution is -0.132. The van der Waals surface area contributed by atoms with Crippen molar-refractivity contribution in [2.75, 3.05) is 6.54 Å². The van der Waals surface area contributed by atoms with Crippen molar-refractivity contribution in [2.45, 2.75) is 44.6 Å². The van der Waals surface area contributed by atoms with Gasteiger partial charge in [-0.3, -0.25) is 14.7 Å². The van der Waals surface area contributed by atoms with Crippen molar-refractivity contribution < 1.29 is 19.1 Å². The number of aromatic nitrogens is 1. The van der Waals surface area contributed by atoms with Crippen LogP contribution in [-0.4, -0.2) is 44.6 Å². The topological polar surface area (TPSA) is 85.8 Å². The van der Waals surface area contributed by atoms with Gasteiger partial charge in [-0.2, -0.15) is 0 Å². The van der Waals surface area contributed by atoms with E-state index >= 15 is 0 Å². The number of carbonyl (C=O) groups excluding carboxylic acids is 1. The molecule has 1 aliphatic carbocycles. The van der Waals surface area contributed by atoms with E-state index in [9.17, 15) is 14.0 Å². The molecule has 4 rings (SSSR count). The number of hydrogen-bond donors (Lipinski definition) is 2. The van der Waals surface area contributed by atoms with E-state index in [-0.39, 0.29) is 22.7 Å². The van der Waals surface area contributed by atoms with Gasteiger partial charge in [0.05, 0.1) is 10.9 Å². The van der Waals surface area contributed by atoms with Crippen LogP contribution in [0, 0.1) is 5.82 Å². The number of aliphatic carboxylic acids is 1. The summed E-state index contributed by atoms with van der Waals surface area (Å²) in [6, 6.07) is 4.77. The molecule has 2 aliphatic rings. The van der Waals surface area contributed by atoms with Gasteiger partial charge in [-0.25, -0.2) is 9.18 Å². The van der Waals surface area contributed by atoms with Crippen LogP contribution in [-0.2, 0) is 16.0 Å². The van der Waals surface area contributed by atoms with E-state index in [0.717, 1.165) is 54.5 Å². The van der Waals surface area contributed by atoms with Crippen molar-refractivity contribution >= 4 is 39.7 Å². The number of carboxylic acid groups (broad SMARTS) is 1. The summed E-state index contributed by atoms with van der Waals surface area (Å²) >= 11 is 1.14. The molecular weight excluding hydrogens is 393 g/mol. The highest BCUT2D eigenvalue weighted by atomic mass is 32.2. The van der Waals surface area contributed by atoms with Gasteiger partial charge < -0.3 is 10.1 Å². The second kappa shape index (κ2) is 8.41. The first-order valence-electron chi connectivity index (χ1n) is 9.79. The summed E-state index contributed by atoms with van der Waals surface area (Å²) < 4.78 is 13.4. The largest absolute Gasteiger partial charge is 0.478 e. The molecule has 8 heteroatoms. The Hall–Kier alpha value is -2.61. The Morgan fingerprint density at radius 1 is 1.34 bits per heavy atom. The predicted octanol–water partition coefficient (Wildman–Crippen LogP) is 4.08. The minimum Gasteiger partial charge on any atom is -0.478 e. The second-order valence-corrected chi connectivity index (χ2v) is 8.37. The van der Waals surface area contributed by atoms with Gasteiger partial charge in [0, 0.05) is 29.7 Å². The van der Waals surface area contributed by atoms with Gasteiger partial charge in [0.2, 0.25) is 0 Å². The van der Waals surface area contributed by atoms with Crippen LogP contribution in [0.3, 0.4) is 0 Å². The number of nitrogens with one attached hydrogen (secondary N) is 1. The van der Waals surface area contributed by atoms with Gasteiger partial charge >= 0.3 is 5.97 Å². The number of aliphatic imine (C=N–C) groups is 1. The zero-order chi connectivity index (χ0) is 20.4. The second-order valence-electron chi connectivity index (χ2n) is 7.36. The van der Waals surface area contributed by atoms with E-state index in [1.54, 1.807) is 11.0 Å². The number of hydrogen-bond acceptors (Lipinski definition) is 4. The molecule has 1 aromatic carbocycles. The summed E-state index contributed by atoms with van der Waals surface area (Å²) in [5, 5.41) is 10.6. The Bertz CT molecular complexity index is 1010.